The van der Waals surface area contributed by atoms with Crippen LogP contribution in [0.2, 0.25) is 0 Å². The first kappa shape index (κ1) is 13.0. The standard InChI is InChI=1S/C6H16NOP.CH4/c1-4-5-6-9(8)7(2)3;/h8H,4-6H2,1-3H3;1H4. The summed E-state index contributed by atoms with van der Waals surface area (Å²) in [7, 11) is 3.02. The molecule has 0 aliphatic heterocycles. The second kappa shape index (κ2) is 7.46. The summed E-state index contributed by atoms with van der Waals surface area (Å²) in [5.74, 6) is 0. The minimum absolute atomic E-state index is 0. The Labute approximate surface area is 66.1 Å². The molecule has 0 aromatic heterocycles. The predicted octanol–water partition coefficient (Wildman–Crippen LogP) is 2.29. The van der Waals surface area contributed by atoms with E-state index in [1.54, 1.807) is 0 Å². The van der Waals surface area contributed by atoms with Crippen LogP contribution in [-0.2, 0) is 0 Å². The molecule has 0 fully saturated rings. The molecule has 0 saturated heterocycles. The minimum atomic E-state index is -0.812. The van der Waals surface area contributed by atoms with E-state index in [1.165, 1.54) is 6.42 Å². The number of hydrogen-bond acceptors (Lipinski definition) is 2. The zero-order valence-electron chi connectivity index (χ0n) is 6.46. The molecule has 0 heterocycles. The summed E-state index contributed by atoms with van der Waals surface area (Å²) in [4.78, 5) is 9.25. The molecule has 0 aromatic rings. The molecule has 0 aliphatic rings. The number of rotatable bonds is 4. The summed E-state index contributed by atoms with van der Waals surface area (Å²) in [6.07, 6.45) is 3.27. The van der Waals surface area contributed by atoms with Crippen molar-refractivity contribution in [2.24, 2.45) is 0 Å². The molecule has 0 saturated carbocycles. The molecular weight excluding hydrogens is 145 g/mol. The lowest BCUT2D eigenvalue weighted by atomic mass is 10.4. The quantitative estimate of drug-likeness (QED) is 0.646. The van der Waals surface area contributed by atoms with Gasteiger partial charge in [-0.05, 0) is 20.5 Å². The molecule has 10 heavy (non-hydrogen) atoms. The van der Waals surface area contributed by atoms with Gasteiger partial charge in [-0.15, -0.1) is 0 Å². The molecule has 0 bridgehead atoms. The van der Waals surface area contributed by atoms with E-state index in [9.17, 15) is 4.89 Å². The van der Waals surface area contributed by atoms with E-state index in [2.05, 4.69) is 6.92 Å². The van der Waals surface area contributed by atoms with Crippen molar-refractivity contribution in [2.75, 3.05) is 20.3 Å². The lowest BCUT2D eigenvalue weighted by Gasteiger charge is -2.16. The third kappa shape index (κ3) is 6.47. The molecule has 0 radical (unpaired) electrons. The summed E-state index contributed by atoms with van der Waals surface area (Å²) in [5.41, 5.74) is 0. The molecule has 1 N–H and O–H groups in total. The summed E-state index contributed by atoms with van der Waals surface area (Å²) in [6.45, 7) is 2.14. The molecule has 0 rings (SSSR count). The van der Waals surface area contributed by atoms with Crippen LogP contribution in [0.1, 0.15) is 27.2 Å². The number of hydrogen-bond donors (Lipinski definition) is 1. The summed E-state index contributed by atoms with van der Waals surface area (Å²) in [6, 6.07) is 0. The minimum Gasteiger partial charge on any atom is -0.359 e. The van der Waals surface area contributed by atoms with Gasteiger partial charge in [0.05, 0.1) is 8.30 Å². The van der Waals surface area contributed by atoms with E-state index in [0.29, 0.717) is 0 Å². The monoisotopic (exact) mass is 165 g/mol. The lowest BCUT2D eigenvalue weighted by Crippen LogP contribution is -2.05. The van der Waals surface area contributed by atoms with Crippen molar-refractivity contribution in [1.29, 1.82) is 0 Å². The van der Waals surface area contributed by atoms with Gasteiger partial charge in [-0.2, -0.15) is 0 Å². The largest absolute Gasteiger partial charge is 0.359 e. The first-order valence-electron chi connectivity index (χ1n) is 3.32. The Kier molecular flexibility index (Phi) is 9.68. The van der Waals surface area contributed by atoms with Crippen molar-refractivity contribution in [1.82, 2.24) is 4.67 Å². The molecular formula is C7H20NOP. The fraction of sp³-hybridized carbons (Fsp3) is 1.00. The van der Waals surface area contributed by atoms with E-state index >= 15 is 0 Å². The van der Waals surface area contributed by atoms with E-state index in [-0.39, 0.29) is 7.43 Å². The normalized spacial score (nSPS) is 12.9. The van der Waals surface area contributed by atoms with E-state index in [4.69, 9.17) is 0 Å². The first-order valence-corrected chi connectivity index (χ1v) is 4.75. The van der Waals surface area contributed by atoms with Crippen LogP contribution < -0.4 is 0 Å². The van der Waals surface area contributed by atoms with Crippen LogP contribution in [0.4, 0.5) is 0 Å². The van der Waals surface area contributed by atoms with Crippen molar-refractivity contribution in [3.8, 4) is 0 Å². The van der Waals surface area contributed by atoms with Crippen molar-refractivity contribution >= 4 is 8.30 Å². The van der Waals surface area contributed by atoms with Gasteiger partial charge >= 0.3 is 0 Å². The molecule has 0 amide bonds. The Morgan fingerprint density at radius 2 is 1.90 bits per heavy atom. The highest BCUT2D eigenvalue weighted by molar-refractivity contribution is 7.48. The average Bonchev–Trinajstić information content (AvgIpc) is 1.82. The van der Waals surface area contributed by atoms with Gasteiger partial charge in [-0.25, -0.2) is 0 Å². The average molecular weight is 165 g/mol. The molecule has 1 unspecified atom stereocenters. The number of unbranched alkanes of at least 4 members (excludes halogenated alkanes) is 1. The number of nitrogens with zero attached hydrogens (tertiary/aromatic N) is 1. The smallest absolute Gasteiger partial charge is 0.1000 e. The molecule has 0 aromatic carbocycles. The van der Waals surface area contributed by atoms with E-state index in [1.807, 2.05) is 18.8 Å². The predicted molar refractivity (Wildman–Crippen MR) is 49.3 cm³/mol. The zero-order valence-corrected chi connectivity index (χ0v) is 7.36. The third-order valence-corrected chi connectivity index (χ3v) is 2.81. The summed E-state index contributed by atoms with van der Waals surface area (Å²) >= 11 is 0. The first-order chi connectivity index (χ1) is 4.18. The van der Waals surface area contributed by atoms with Gasteiger partial charge in [0.1, 0.15) is 0 Å². The van der Waals surface area contributed by atoms with Crippen LogP contribution in [0.15, 0.2) is 0 Å². The highest BCUT2D eigenvalue weighted by Crippen LogP contribution is 2.32. The van der Waals surface area contributed by atoms with Crippen LogP contribution in [0, 0.1) is 0 Å². The fourth-order valence-electron chi connectivity index (χ4n) is 0.500. The lowest BCUT2D eigenvalue weighted by molar-refractivity contribution is 0.524. The molecule has 64 valence electrons. The van der Waals surface area contributed by atoms with E-state index in [0.717, 1.165) is 12.6 Å². The van der Waals surface area contributed by atoms with Gasteiger partial charge in [-0.3, -0.25) is 4.67 Å². The van der Waals surface area contributed by atoms with Crippen LogP contribution >= 0.6 is 8.30 Å². The molecule has 0 aliphatic carbocycles. The van der Waals surface area contributed by atoms with Crippen LogP contribution in [-0.4, -0.2) is 29.8 Å². The van der Waals surface area contributed by atoms with Gasteiger partial charge in [0.25, 0.3) is 0 Å². The highest BCUT2D eigenvalue weighted by atomic mass is 31.2. The van der Waals surface area contributed by atoms with Gasteiger partial charge in [0.2, 0.25) is 0 Å². The SMILES string of the molecule is C.CCCCP(O)N(C)C. The van der Waals surface area contributed by atoms with Gasteiger partial charge in [-0.1, -0.05) is 20.8 Å². The van der Waals surface area contributed by atoms with Crippen molar-refractivity contribution in [3.05, 3.63) is 0 Å². The van der Waals surface area contributed by atoms with Crippen LogP contribution in [0.5, 0.6) is 0 Å². The topological polar surface area (TPSA) is 23.5 Å². The maximum atomic E-state index is 9.25. The van der Waals surface area contributed by atoms with Crippen molar-refractivity contribution in [3.63, 3.8) is 0 Å². The van der Waals surface area contributed by atoms with Crippen LogP contribution in [0.25, 0.3) is 0 Å². The Morgan fingerprint density at radius 1 is 1.40 bits per heavy atom. The Balaban J connectivity index is 0. The maximum Gasteiger partial charge on any atom is 0.1000 e. The maximum absolute atomic E-state index is 9.25. The van der Waals surface area contributed by atoms with Gasteiger partial charge < -0.3 is 4.89 Å². The molecule has 1 atom stereocenters. The summed E-state index contributed by atoms with van der Waals surface area (Å²) in [5, 5.41) is 0. The molecule has 2 nitrogen and oxygen atoms in total. The van der Waals surface area contributed by atoms with Crippen molar-refractivity contribution < 1.29 is 4.89 Å². The summed E-state index contributed by atoms with van der Waals surface area (Å²) < 4.78 is 1.89. The highest BCUT2D eigenvalue weighted by Gasteiger charge is 2.03. The van der Waals surface area contributed by atoms with Gasteiger partial charge in [0.15, 0.2) is 0 Å². The Morgan fingerprint density at radius 3 is 2.20 bits per heavy atom. The Hall–Kier alpha value is 0.350. The second-order valence-electron chi connectivity index (χ2n) is 2.30. The van der Waals surface area contributed by atoms with E-state index < -0.39 is 8.30 Å². The molecule has 3 heteroatoms. The second-order valence-corrected chi connectivity index (χ2v) is 4.29. The Bertz CT molecular complexity index is 68.6. The fourth-order valence-corrected chi connectivity index (χ4v) is 1.50. The third-order valence-electron chi connectivity index (χ3n) is 1.17. The zero-order chi connectivity index (χ0) is 7.28. The van der Waals surface area contributed by atoms with Gasteiger partial charge in [0, 0.05) is 6.16 Å². The van der Waals surface area contributed by atoms with Crippen LogP contribution in [0.3, 0.4) is 0 Å². The molecule has 0 spiro atoms. The van der Waals surface area contributed by atoms with Crippen molar-refractivity contribution in [2.45, 2.75) is 27.2 Å².